The van der Waals surface area contributed by atoms with Gasteiger partial charge in [0.1, 0.15) is 11.5 Å². The number of carbonyl (C=O) groups excluding carboxylic acids is 2. The Morgan fingerprint density at radius 1 is 1.26 bits per heavy atom. The van der Waals surface area contributed by atoms with Gasteiger partial charge < -0.3 is 16.2 Å². The van der Waals surface area contributed by atoms with Crippen LogP contribution in [-0.2, 0) is 6.54 Å². The Balaban J connectivity index is 1.90. The fourth-order valence-corrected chi connectivity index (χ4v) is 2.33. The highest BCUT2D eigenvalue weighted by Crippen LogP contribution is 2.10. The lowest BCUT2D eigenvalue weighted by Crippen LogP contribution is -2.25. The molecule has 4 N–H and O–H groups in total. The molecule has 0 aliphatic heterocycles. The van der Waals surface area contributed by atoms with Crippen molar-refractivity contribution in [3.63, 3.8) is 0 Å². The molecule has 0 spiro atoms. The van der Waals surface area contributed by atoms with Gasteiger partial charge in [-0.3, -0.25) is 9.59 Å². The molecule has 2 amide bonds. The number of amides is 2. The van der Waals surface area contributed by atoms with Crippen LogP contribution in [0.3, 0.4) is 0 Å². The van der Waals surface area contributed by atoms with Crippen molar-refractivity contribution in [2.45, 2.75) is 13.5 Å². The first kappa shape index (κ1) is 17.9. The summed E-state index contributed by atoms with van der Waals surface area (Å²) in [5.74, 6) is -4.08. The smallest absolute Gasteiger partial charge is 0.354 e. The van der Waals surface area contributed by atoms with Gasteiger partial charge in [0.15, 0.2) is 5.69 Å². The molecule has 138 valence electrons. The standard InChI is InChI=1S/C16H13FN6O4/c1-7-4-8(2-3-9(7)17)6-19-14(25)10-5-11(15(26)27)23-16(20-10)21-13(22-23)12(18)24/h2-5H,6H2,1H3,(H2,18,24)(H,19,25)(H,26,27). The van der Waals surface area contributed by atoms with E-state index in [1.54, 1.807) is 13.0 Å². The maximum absolute atomic E-state index is 13.3. The number of nitrogens with one attached hydrogen (secondary N) is 1. The molecular formula is C16H13FN6O4. The largest absolute Gasteiger partial charge is 0.477 e. The normalized spacial score (nSPS) is 10.7. The van der Waals surface area contributed by atoms with E-state index in [2.05, 4.69) is 20.4 Å². The molecule has 3 rings (SSSR count). The maximum atomic E-state index is 13.3. The summed E-state index contributed by atoms with van der Waals surface area (Å²) in [6.45, 7) is 1.67. The molecule has 2 aromatic heterocycles. The topological polar surface area (TPSA) is 153 Å². The number of rotatable bonds is 5. The lowest BCUT2D eigenvalue weighted by molar-refractivity contribution is 0.0686. The molecule has 3 aromatic rings. The van der Waals surface area contributed by atoms with Gasteiger partial charge >= 0.3 is 5.97 Å². The molecule has 2 heterocycles. The van der Waals surface area contributed by atoms with Gasteiger partial charge in [-0.2, -0.15) is 9.50 Å². The third-order valence-electron chi connectivity index (χ3n) is 3.66. The van der Waals surface area contributed by atoms with Crippen LogP contribution in [0.5, 0.6) is 0 Å². The van der Waals surface area contributed by atoms with E-state index in [9.17, 15) is 23.9 Å². The number of nitrogens with zero attached hydrogens (tertiary/aromatic N) is 4. The molecule has 0 saturated carbocycles. The zero-order chi connectivity index (χ0) is 19.7. The molecule has 11 heteroatoms. The van der Waals surface area contributed by atoms with Crippen LogP contribution in [0, 0.1) is 12.7 Å². The molecule has 0 saturated heterocycles. The van der Waals surface area contributed by atoms with Crippen LogP contribution in [0.1, 0.15) is 42.7 Å². The van der Waals surface area contributed by atoms with Crippen LogP contribution < -0.4 is 11.1 Å². The van der Waals surface area contributed by atoms with Crippen molar-refractivity contribution in [2.75, 3.05) is 0 Å². The number of aryl methyl sites for hydroxylation is 1. The first-order valence-corrected chi connectivity index (χ1v) is 7.60. The predicted octanol–water partition coefficient (Wildman–Crippen LogP) is 0.299. The number of hydrogen-bond acceptors (Lipinski definition) is 6. The third-order valence-corrected chi connectivity index (χ3v) is 3.66. The predicted molar refractivity (Wildman–Crippen MR) is 88.6 cm³/mol. The molecule has 27 heavy (non-hydrogen) atoms. The fourth-order valence-electron chi connectivity index (χ4n) is 2.33. The van der Waals surface area contributed by atoms with E-state index in [1.807, 2.05) is 0 Å². The van der Waals surface area contributed by atoms with Crippen molar-refractivity contribution in [1.29, 1.82) is 0 Å². The number of carboxylic acid groups (broad SMARTS) is 1. The van der Waals surface area contributed by atoms with Crippen molar-refractivity contribution in [3.8, 4) is 0 Å². The molecule has 0 aliphatic rings. The summed E-state index contributed by atoms with van der Waals surface area (Å²) >= 11 is 0. The molecule has 0 radical (unpaired) electrons. The summed E-state index contributed by atoms with van der Waals surface area (Å²) in [6, 6.07) is 5.37. The lowest BCUT2D eigenvalue weighted by atomic mass is 10.1. The summed E-state index contributed by atoms with van der Waals surface area (Å²) in [6.07, 6.45) is 0. The van der Waals surface area contributed by atoms with Crippen molar-refractivity contribution < 1.29 is 23.9 Å². The number of aromatic carboxylic acids is 1. The second-order valence-corrected chi connectivity index (χ2v) is 5.61. The highest BCUT2D eigenvalue weighted by Gasteiger charge is 2.20. The Morgan fingerprint density at radius 2 is 2.00 bits per heavy atom. The van der Waals surface area contributed by atoms with Crippen LogP contribution >= 0.6 is 0 Å². The van der Waals surface area contributed by atoms with Crippen molar-refractivity contribution >= 4 is 23.6 Å². The molecule has 0 aliphatic carbocycles. The van der Waals surface area contributed by atoms with Gasteiger partial charge in [-0.25, -0.2) is 14.2 Å². The highest BCUT2D eigenvalue weighted by molar-refractivity contribution is 5.96. The summed E-state index contributed by atoms with van der Waals surface area (Å²) < 4.78 is 14.1. The first-order chi connectivity index (χ1) is 12.8. The Labute approximate surface area is 150 Å². The van der Waals surface area contributed by atoms with Gasteiger partial charge in [0.25, 0.3) is 17.6 Å². The minimum atomic E-state index is -1.40. The number of halogens is 1. The van der Waals surface area contributed by atoms with Crippen molar-refractivity contribution in [1.82, 2.24) is 24.9 Å². The summed E-state index contributed by atoms with van der Waals surface area (Å²) in [5, 5.41) is 15.5. The van der Waals surface area contributed by atoms with Gasteiger partial charge in [0.05, 0.1) is 0 Å². The highest BCUT2D eigenvalue weighted by atomic mass is 19.1. The van der Waals surface area contributed by atoms with Gasteiger partial charge in [0.2, 0.25) is 5.82 Å². The zero-order valence-corrected chi connectivity index (χ0v) is 13.9. The summed E-state index contributed by atoms with van der Waals surface area (Å²) in [7, 11) is 0. The molecule has 0 unspecified atom stereocenters. The molecule has 0 atom stereocenters. The fraction of sp³-hybridized carbons (Fsp3) is 0.125. The quantitative estimate of drug-likeness (QED) is 0.582. The molecule has 10 nitrogen and oxygen atoms in total. The number of benzene rings is 1. The molecule has 0 bridgehead atoms. The van der Waals surface area contributed by atoms with E-state index in [0.717, 1.165) is 10.6 Å². The third kappa shape index (κ3) is 3.56. The maximum Gasteiger partial charge on any atom is 0.354 e. The van der Waals surface area contributed by atoms with E-state index >= 15 is 0 Å². The Kier molecular flexibility index (Phi) is 4.50. The molecule has 0 fully saturated rings. The van der Waals surface area contributed by atoms with Crippen LogP contribution in [-0.4, -0.2) is 42.5 Å². The van der Waals surface area contributed by atoms with E-state index in [4.69, 9.17) is 5.73 Å². The Hall–Kier alpha value is -3.89. The van der Waals surface area contributed by atoms with E-state index in [-0.39, 0.29) is 23.8 Å². The van der Waals surface area contributed by atoms with Crippen LogP contribution in [0.15, 0.2) is 24.3 Å². The second-order valence-electron chi connectivity index (χ2n) is 5.61. The summed E-state index contributed by atoms with van der Waals surface area (Å²) in [5.41, 5.74) is 5.51. The van der Waals surface area contributed by atoms with Crippen LogP contribution in [0.2, 0.25) is 0 Å². The number of carboxylic acids is 1. The van der Waals surface area contributed by atoms with Crippen molar-refractivity contribution in [2.24, 2.45) is 5.73 Å². The van der Waals surface area contributed by atoms with E-state index in [0.29, 0.717) is 11.1 Å². The number of fused-ring (bicyclic) bond motifs is 1. The molecule has 1 aromatic carbocycles. The van der Waals surface area contributed by atoms with E-state index in [1.165, 1.54) is 12.1 Å². The zero-order valence-electron chi connectivity index (χ0n) is 13.9. The number of carbonyl (C=O) groups is 3. The first-order valence-electron chi connectivity index (χ1n) is 7.60. The van der Waals surface area contributed by atoms with E-state index < -0.39 is 29.3 Å². The SMILES string of the molecule is Cc1cc(CNC(=O)c2cc(C(=O)O)n3nc(C(N)=O)nc3n2)ccc1F. The van der Waals surface area contributed by atoms with Crippen LogP contribution in [0.4, 0.5) is 4.39 Å². The van der Waals surface area contributed by atoms with Crippen molar-refractivity contribution in [3.05, 3.63) is 58.4 Å². The molecular weight excluding hydrogens is 359 g/mol. The Bertz CT molecular complexity index is 1090. The monoisotopic (exact) mass is 372 g/mol. The lowest BCUT2D eigenvalue weighted by Gasteiger charge is -2.07. The summed E-state index contributed by atoms with van der Waals surface area (Å²) in [4.78, 5) is 42.6. The average Bonchev–Trinajstić information content (AvgIpc) is 3.05. The van der Waals surface area contributed by atoms with Gasteiger partial charge in [-0.05, 0) is 24.1 Å². The number of aromatic nitrogens is 4. The van der Waals surface area contributed by atoms with Gasteiger partial charge in [-0.1, -0.05) is 12.1 Å². The second kappa shape index (κ2) is 6.78. The minimum Gasteiger partial charge on any atom is -0.477 e. The van der Waals surface area contributed by atoms with Gasteiger partial charge in [-0.15, -0.1) is 5.10 Å². The average molecular weight is 372 g/mol. The minimum absolute atomic E-state index is 0.0778. The number of hydrogen-bond donors (Lipinski definition) is 3. The van der Waals surface area contributed by atoms with Gasteiger partial charge in [0, 0.05) is 12.6 Å². The van der Waals surface area contributed by atoms with Crippen LogP contribution in [0.25, 0.3) is 5.78 Å². The Morgan fingerprint density at radius 3 is 2.63 bits per heavy atom. The number of primary amides is 1. The number of nitrogens with two attached hydrogens (primary N) is 1.